The lowest BCUT2D eigenvalue weighted by Crippen LogP contribution is -2.18. The fourth-order valence-electron chi connectivity index (χ4n) is 4.12. The number of ether oxygens (including phenoxy) is 2. The van der Waals surface area contributed by atoms with Crippen molar-refractivity contribution in [1.29, 1.82) is 0 Å². The van der Waals surface area contributed by atoms with Crippen LogP contribution in [0.2, 0.25) is 0 Å². The molecule has 0 spiro atoms. The summed E-state index contributed by atoms with van der Waals surface area (Å²) in [4.78, 5) is 49.7. The molecular weight excluding hydrogens is 654 g/mol. The molecule has 4 aromatic heterocycles. The molecule has 0 atom stereocenters. The topological polar surface area (TPSA) is 237 Å². The summed E-state index contributed by atoms with van der Waals surface area (Å²) >= 11 is 0. The minimum absolute atomic E-state index is 0.0584. The highest BCUT2D eigenvalue weighted by Crippen LogP contribution is 2.27. The third kappa shape index (κ3) is 8.53. The monoisotopic (exact) mass is 679 g/mol. The number of hydrogen-bond donors (Lipinski definition) is 2. The molecule has 0 bridgehead atoms. The number of nitrogens with zero attached hydrogens (tertiary/aromatic N) is 9. The number of amides is 2. The predicted molar refractivity (Wildman–Crippen MR) is 176 cm³/mol. The Morgan fingerprint density at radius 1 is 0.714 bits per heavy atom. The quantitative estimate of drug-likeness (QED) is 0.0963. The maximum absolute atomic E-state index is 11.6. The van der Waals surface area contributed by atoms with E-state index >= 15 is 0 Å². The van der Waals surface area contributed by atoms with Crippen LogP contribution in [0.4, 0.5) is 5.95 Å². The number of azide groups is 1. The second-order valence-corrected chi connectivity index (χ2v) is 11.8. The summed E-state index contributed by atoms with van der Waals surface area (Å²) in [5.74, 6) is 1.43. The van der Waals surface area contributed by atoms with Gasteiger partial charge in [-0.25, -0.2) is 28.4 Å². The Morgan fingerprint density at radius 3 is 1.69 bits per heavy atom. The molecule has 0 saturated carbocycles. The van der Waals surface area contributed by atoms with Gasteiger partial charge in [-0.1, -0.05) is 0 Å². The number of carbonyl (C=O) groups excluding carboxylic acids is 2. The predicted octanol–water partition coefficient (Wildman–Crippen LogP) is 4.70. The van der Waals surface area contributed by atoms with Gasteiger partial charge < -0.3 is 20.1 Å². The highest BCUT2D eigenvalue weighted by molar-refractivity contribution is 7.90. The smallest absolute Gasteiger partial charge is 0.269 e. The number of pyridine rings is 2. The van der Waals surface area contributed by atoms with Crippen LogP contribution in [0, 0.1) is 0 Å². The number of carbonyl (C=O) groups is 2. The van der Waals surface area contributed by atoms with Crippen molar-refractivity contribution in [2.75, 3.05) is 20.4 Å². The zero-order valence-corrected chi connectivity index (χ0v) is 26.8. The van der Waals surface area contributed by atoms with E-state index in [0.29, 0.717) is 39.4 Å². The van der Waals surface area contributed by atoms with E-state index in [-0.39, 0.29) is 34.3 Å². The maximum atomic E-state index is 11.6. The molecule has 6 aromatic rings. The molecular formula is C31H25N11O6S. The van der Waals surface area contributed by atoms with Gasteiger partial charge >= 0.3 is 0 Å². The fraction of sp³-hybridized carbons (Fsp3) is 0.0968. The Hall–Kier alpha value is -6.78. The summed E-state index contributed by atoms with van der Waals surface area (Å²) in [5.41, 5.74) is 10.0. The summed E-state index contributed by atoms with van der Waals surface area (Å²) in [6.45, 7) is 0. The number of nitrogens with one attached hydrogen (secondary N) is 2. The molecule has 17 nitrogen and oxygen atoms in total. The molecule has 0 saturated heterocycles. The molecule has 6 rings (SSSR count). The molecule has 0 fully saturated rings. The zero-order valence-electron chi connectivity index (χ0n) is 26.0. The molecule has 0 aliphatic rings. The SMILES string of the molecule is CNC(=O)c1cc(Oc2ccc3nc(N=[N+]=[N-])ncc3c2)ccn1.CNC(=O)c1cc(Oc2ccc3nc(S(C)(=O)=O)ncc3c2)ccn1. The van der Waals surface area contributed by atoms with Crippen LogP contribution in [0.25, 0.3) is 32.2 Å². The molecule has 2 aromatic carbocycles. The first-order chi connectivity index (χ1) is 23.6. The van der Waals surface area contributed by atoms with Crippen LogP contribution in [0.3, 0.4) is 0 Å². The first-order valence-corrected chi connectivity index (χ1v) is 16.0. The van der Waals surface area contributed by atoms with Crippen molar-refractivity contribution in [1.82, 2.24) is 40.5 Å². The maximum Gasteiger partial charge on any atom is 0.269 e. The minimum atomic E-state index is -3.47. The van der Waals surface area contributed by atoms with Gasteiger partial charge in [-0.15, -0.1) is 0 Å². The van der Waals surface area contributed by atoms with Gasteiger partial charge in [0.15, 0.2) is 0 Å². The van der Waals surface area contributed by atoms with Crippen molar-refractivity contribution in [3.63, 3.8) is 0 Å². The third-order valence-corrected chi connectivity index (χ3v) is 7.25. The third-order valence-electron chi connectivity index (χ3n) is 6.39. The van der Waals surface area contributed by atoms with E-state index in [2.05, 4.69) is 50.6 Å². The molecule has 0 aliphatic carbocycles. The molecule has 4 heterocycles. The van der Waals surface area contributed by atoms with Gasteiger partial charge in [0.05, 0.1) is 11.0 Å². The van der Waals surface area contributed by atoms with E-state index < -0.39 is 9.84 Å². The summed E-state index contributed by atoms with van der Waals surface area (Å²) < 4.78 is 34.5. The van der Waals surface area contributed by atoms with Crippen molar-refractivity contribution in [2.24, 2.45) is 5.11 Å². The van der Waals surface area contributed by atoms with E-state index in [4.69, 9.17) is 15.0 Å². The number of hydrogen-bond acceptors (Lipinski definition) is 13. The van der Waals surface area contributed by atoms with E-state index in [0.717, 1.165) is 11.6 Å². The number of sulfone groups is 1. The summed E-state index contributed by atoms with van der Waals surface area (Å²) in [5, 5.41) is 9.49. The van der Waals surface area contributed by atoms with E-state index in [9.17, 15) is 18.0 Å². The van der Waals surface area contributed by atoms with Crippen LogP contribution in [-0.2, 0) is 9.84 Å². The van der Waals surface area contributed by atoms with Crippen LogP contribution in [0.15, 0.2) is 95.7 Å². The molecule has 0 radical (unpaired) electrons. The first kappa shape index (κ1) is 33.6. The standard InChI is InChI=1S/C16H14N4O4S.C15H11N7O2/c1-17-15(21)14-8-12(5-6-18-14)24-11-3-4-13-10(7-11)9-19-16(20-13)25(2,22)23;1-17-14(23)13-7-11(4-5-18-13)24-10-2-3-12-9(6-10)8-19-15(20-12)21-22-16/h3-9H,1-2H3,(H,17,21);2-8H,1H3,(H,17,23). The van der Waals surface area contributed by atoms with Gasteiger partial charge in [-0.2, -0.15) is 0 Å². The van der Waals surface area contributed by atoms with Crippen molar-refractivity contribution in [3.8, 4) is 23.0 Å². The lowest BCUT2D eigenvalue weighted by molar-refractivity contribution is 0.0950. The molecule has 246 valence electrons. The second kappa shape index (κ2) is 14.8. The molecule has 2 N–H and O–H groups in total. The molecule has 0 aliphatic heterocycles. The second-order valence-electron chi connectivity index (χ2n) is 9.84. The van der Waals surface area contributed by atoms with Crippen LogP contribution in [0.5, 0.6) is 23.0 Å². The largest absolute Gasteiger partial charge is 0.457 e. The van der Waals surface area contributed by atoms with Crippen molar-refractivity contribution < 1.29 is 27.5 Å². The Labute approximate surface area is 278 Å². The summed E-state index contributed by atoms with van der Waals surface area (Å²) in [7, 11) is -0.414. The van der Waals surface area contributed by atoms with Crippen LogP contribution in [-0.4, -0.2) is 70.5 Å². The Balaban J connectivity index is 0.000000191. The summed E-state index contributed by atoms with van der Waals surface area (Å²) in [6, 6.07) is 16.5. The number of rotatable bonds is 8. The fourth-order valence-corrected chi connectivity index (χ4v) is 4.62. The lowest BCUT2D eigenvalue weighted by atomic mass is 10.2. The summed E-state index contributed by atoms with van der Waals surface area (Å²) in [6.07, 6.45) is 6.99. The van der Waals surface area contributed by atoms with Gasteiger partial charge in [0.2, 0.25) is 20.9 Å². The Bertz CT molecular complexity index is 2370. The van der Waals surface area contributed by atoms with Crippen LogP contribution in [0.1, 0.15) is 21.0 Å². The van der Waals surface area contributed by atoms with Gasteiger partial charge in [0.25, 0.3) is 11.8 Å². The molecule has 0 unspecified atom stereocenters. The average molecular weight is 680 g/mol. The van der Waals surface area contributed by atoms with E-state index in [1.165, 1.54) is 38.8 Å². The highest BCUT2D eigenvalue weighted by atomic mass is 32.2. The van der Waals surface area contributed by atoms with Gasteiger partial charge in [-0.05, 0) is 59.2 Å². The van der Waals surface area contributed by atoms with Crippen molar-refractivity contribution >= 4 is 49.4 Å². The Morgan fingerprint density at radius 2 is 1.20 bits per heavy atom. The highest BCUT2D eigenvalue weighted by Gasteiger charge is 2.13. The number of fused-ring (bicyclic) bond motifs is 2. The van der Waals surface area contributed by atoms with Gasteiger partial charge in [0.1, 0.15) is 34.4 Å². The number of aromatic nitrogens is 6. The normalized spacial score (nSPS) is 10.7. The van der Waals surface area contributed by atoms with Crippen molar-refractivity contribution in [3.05, 3.63) is 107 Å². The van der Waals surface area contributed by atoms with Crippen molar-refractivity contribution in [2.45, 2.75) is 5.16 Å². The average Bonchev–Trinajstić information content (AvgIpc) is 3.11. The van der Waals surface area contributed by atoms with Crippen LogP contribution >= 0.6 is 0 Å². The molecule has 49 heavy (non-hydrogen) atoms. The van der Waals surface area contributed by atoms with E-state index in [1.807, 2.05) is 0 Å². The minimum Gasteiger partial charge on any atom is -0.457 e. The van der Waals surface area contributed by atoms with Crippen LogP contribution < -0.4 is 20.1 Å². The number of benzene rings is 2. The van der Waals surface area contributed by atoms with Gasteiger partial charge in [-0.3, -0.25) is 19.6 Å². The molecule has 18 heteroatoms. The zero-order chi connectivity index (χ0) is 35.0. The Kier molecular flexibility index (Phi) is 10.1. The lowest BCUT2D eigenvalue weighted by Gasteiger charge is -2.08. The van der Waals surface area contributed by atoms with Gasteiger partial charge in [0, 0.05) is 73.0 Å². The van der Waals surface area contributed by atoms with E-state index in [1.54, 1.807) is 60.8 Å². The first-order valence-electron chi connectivity index (χ1n) is 14.1. The molecule has 2 amide bonds.